The molecule has 2 aliphatic heterocycles. The number of likely N-dealkylation sites (tertiary alicyclic amines) is 1. The monoisotopic (exact) mass is 335 g/mol. The molecule has 1 spiro atoms. The van der Waals surface area contributed by atoms with Crippen LogP contribution in [0, 0.1) is 5.41 Å². The third-order valence-corrected chi connectivity index (χ3v) is 6.42. The molecule has 0 aromatic carbocycles. The van der Waals surface area contributed by atoms with Gasteiger partial charge >= 0.3 is 0 Å². The van der Waals surface area contributed by atoms with Crippen LogP contribution in [0.5, 0.6) is 0 Å². The zero-order chi connectivity index (χ0) is 17.0. The molecule has 3 rings (SSSR count). The van der Waals surface area contributed by atoms with Crippen LogP contribution in [0.2, 0.25) is 0 Å². The molecule has 2 heterocycles. The molecular formula is C19H37N5. The van der Waals surface area contributed by atoms with Gasteiger partial charge in [0.15, 0.2) is 5.96 Å². The van der Waals surface area contributed by atoms with E-state index in [1.807, 2.05) is 0 Å². The number of aliphatic imine (C=N–C) groups is 1. The number of piperazine rings is 1. The maximum absolute atomic E-state index is 5.05. The summed E-state index contributed by atoms with van der Waals surface area (Å²) in [6, 6.07) is 0.545. The van der Waals surface area contributed by atoms with Gasteiger partial charge in [-0.05, 0) is 45.7 Å². The Morgan fingerprint density at radius 2 is 1.88 bits per heavy atom. The van der Waals surface area contributed by atoms with Gasteiger partial charge in [-0.1, -0.05) is 19.3 Å². The third-order valence-electron chi connectivity index (χ3n) is 6.42. The van der Waals surface area contributed by atoms with Gasteiger partial charge in [-0.2, -0.15) is 0 Å². The van der Waals surface area contributed by atoms with Crippen LogP contribution in [0.3, 0.4) is 0 Å². The molecule has 5 nitrogen and oxygen atoms in total. The Bertz CT molecular complexity index is 429. The minimum atomic E-state index is 0.545. The van der Waals surface area contributed by atoms with Gasteiger partial charge in [0.25, 0.3) is 0 Å². The lowest BCUT2D eigenvalue weighted by Gasteiger charge is -2.37. The maximum Gasteiger partial charge on any atom is 0.193 e. The maximum atomic E-state index is 5.05. The topological polar surface area (TPSA) is 34.1 Å². The van der Waals surface area contributed by atoms with Crippen molar-refractivity contribution in [2.45, 2.75) is 51.5 Å². The van der Waals surface area contributed by atoms with Crippen molar-refractivity contribution in [2.24, 2.45) is 10.4 Å². The normalized spacial score (nSPS) is 29.4. The first kappa shape index (κ1) is 18.0. The number of nitrogens with zero attached hydrogens (tertiary/aromatic N) is 4. The van der Waals surface area contributed by atoms with Crippen LogP contribution < -0.4 is 5.32 Å². The Labute approximate surface area is 148 Å². The van der Waals surface area contributed by atoms with Gasteiger partial charge in [-0.15, -0.1) is 0 Å². The number of hydrogen-bond donors (Lipinski definition) is 1. The van der Waals surface area contributed by atoms with E-state index in [0.717, 1.165) is 32.1 Å². The molecule has 138 valence electrons. The fourth-order valence-electron chi connectivity index (χ4n) is 4.74. The van der Waals surface area contributed by atoms with Gasteiger partial charge in [0.1, 0.15) is 0 Å². The fourth-order valence-corrected chi connectivity index (χ4v) is 4.74. The van der Waals surface area contributed by atoms with Crippen molar-refractivity contribution >= 4 is 5.96 Å². The molecule has 1 atom stereocenters. The Hall–Kier alpha value is -0.810. The summed E-state index contributed by atoms with van der Waals surface area (Å²) in [6.45, 7) is 9.91. The van der Waals surface area contributed by atoms with Crippen LogP contribution in [0.15, 0.2) is 4.99 Å². The lowest BCUT2D eigenvalue weighted by Crippen LogP contribution is -2.51. The van der Waals surface area contributed by atoms with E-state index >= 15 is 0 Å². The zero-order valence-corrected chi connectivity index (χ0v) is 16.1. The van der Waals surface area contributed by atoms with Crippen LogP contribution >= 0.6 is 0 Å². The minimum Gasteiger partial charge on any atom is -0.357 e. The van der Waals surface area contributed by atoms with Crippen LogP contribution in [-0.2, 0) is 0 Å². The van der Waals surface area contributed by atoms with E-state index in [0.29, 0.717) is 11.5 Å². The molecule has 0 bridgehead atoms. The summed E-state index contributed by atoms with van der Waals surface area (Å²) in [6.07, 6.45) is 8.53. The predicted octanol–water partition coefficient (Wildman–Crippen LogP) is 1.85. The average molecular weight is 336 g/mol. The smallest absolute Gasteiger partial charge is 0.193 e. The second kappa shape index (κ2) is 8.05. The molecular weight excluding hydrogens is 298 g/mol. The first-order valence-corrected chi connectivity index (χ1v) is 10.0. The summed E-state index contributed by atoms with van der Waals surface area (Å²) in [5.74, 6) is 1.15. The number of hydrogen-bond acceptors (Lipinski definition) is 3. The van der Waals surface area contributed by atoms with E-state index in [1.165, 1.54) is 58.2 Å². The third kappa shape index (κ3) is 4.23. The quantitative estimate of drug-likeness (QED) is 0.630. The van der Waals surface area contributed by atoms with Crippen molar-refractivity contribution in [3.05, 3.63) is 0 Å². The molecule has 2 saturated heterocycles. The van der Waals surface area contributed by atoms with Gasteiger partial charge in [0.2, 0.25) is 0 Å². The molecule has 0 radical (unpaired) electrons. The standard InChI is InChI=1S/C19H37N5/c1-4-20-18(21-14-17-15-22(2)12-13-23(17)3)24-11-10-19(16-24)8-6-5-7-9-19/h17H,4-16H2,1-3H3,(H,20,21). The Balaban J connectivity index is 1.61. The summed E-state index contributed by atoms with van der Waals surface area (Å²) in [7, 11) is 4.47. The van der Waals surface area contributed by atoms with Crippen molar-refractivity contribution in [2.75, 3.05) is 59.9 Å². The van der Waals surface area contributed by atoms with E-state index in [2.05, 4.69) is 41.0 Å². The fraction of sp³-hybridized carbons (Fsp3) is 0.947. The van der Waals surface area contributed by atoms with Gasteiger partial charge in [0, 0.05) is 45.3 Å². The molecule has 3 fully saturated rings. The second-order valence-electron chi connectivity index (χ2n) is 8.32. The summed E-state index contributed by atoms with van der Waals surface area (Å²) < 4.78 is 0. The van der Waals surface area contributed by atoms with E-state index in [4.69, 9.17) is 4.99 Å². The molecule has 1 unspecified atom stereocenters. The molecule has 24 heavy (non-hydrogen) atoms. The van der Waals surface area contributed by atoms with Crippen molar-refractivity contribution in [3.8, 4) is 0 Å². The molecule has 0 amide bonds. The van der Waals surface area contributed by atoms with Gasteiger partial charge in [0.05, 0.1) is 6.54 Å². The SMILES string of the molecule is CCNC(=NCC1CN(C)CCN1C)N1CCC2(CCCCC2)C1. The van der Waals surface area contributed by atoms with Crippen LogP contribution in [0.4, 0.5) is 0 Å². The van der Waals surface area contributed by atoms with E-state index < -0.39 is 0 Å². The summed E-state index contributed by atoms with van der Waals surface area (Å²) >= 11 is 0. The highest BCUT2D eigenvalue weighted by atomic mass is 15.3. The Kier molecular flexibility index (Phi) is 6.03. The first-order valence-electron chi connectivity index (χ1n) is 10.0. The number of guanidine groups is 1. The largest absolute Gasteiger partial charge is 0.357 e. The number of rotatable bonds is 3. The van der Waals surface area contributed by atoms with Crippen LogP contribution in [0.1, 0.15) is 45.4 Å². The molecule has 5 heteroatoms. The molecule has 1 N–H and O–H groups in total. The zero-order valence-electron chi connectivity index (χ0n) is 16.1. The number of likely N-dealkylation sites (N-methyl/N-ethyl adjacent to an activating group) is 2. The molecule has 1 saturated carbocycles. The van der Waals surface area contributed by atoms with Crippen molar-refractivity contribution in [1.82, 2.24) is 20.0 Å². The van der Waals surface area contributed by atoms with E-state index in [9.17, 15) is 0 Å². The summed E-state index contributed by atoms with van der Waals surface area (Å²) in [4.78, 5) is 12.5. The van der Waals surface area contributed by atoms with E-state index in [-0.39, 0.29) is 0 Å². The number of nitrogens with one attached hydrogen (secondary N) is 1. The van der Waals surface area contributed by atoms with Crippen LogP contribution in [0.25, 0.3) is 0 Å². The van der Waals surface area contributed by atoms with Gasteiger partial charge < -0.3 is 15.1 Å². The average Bonchev–Trinajstić information content (AvgIpc) is 2.98. The lowest BCUT2D eigenvalue weighted by molar-refractivity contribution is 0.119. The predicted molar refractivity (Wildman–Crippen MR) is 102 cm³/mol. The second-order valence-corrected chi connectivity index (χ2v) is 8.32. The lowest BCUT2D eigenvalue weighted by atomic mass is 9.73. The van der Waals surface area contributed by atoms with Crippen LogP contribution in [-0.4, -0.2) is 86.6 Å². The summed E-state index contributed by atoms with van der Waals surface area (Å²) in [5, 5.41) is 3.56. The molecule has 0 aromatic heterocycles. The first-order chi connectivity index (χ1) is 11.6. The molecule has 1 aliphatic carbocycles. The van der Waals surface area contributed by atoms with Gasteiger partial charge in [-0.25, -0.2) is 0 Å². The summed E-state index contributed by atoms with van der Waals surface area (Å²) in [5.41, 5.74) is 0.594. The highest BCUT2D eigenvalue weighted by Crippen LogP contribution is 2.43. The Morgan fingerprint density at radius 1 is 1.08 bits per heavy atom. The van der Waals surface area contributed by atoms with Gasteiger partial charge in [-0.3, -0.25) is 9.89 Å². The Morgan fingerprint density at radius 3 is 2.62 bits per heavy atom. The highest BCUT2D eigenvalue weighted by Gasteiger charge is 2.39. The molecule has 3 aliphatic rings. The van der Waals surface area contributed by atoms with E-state index in [1.54, 1.807) is 0 Å². The minimum absolute atomic E-state index is 0.545. The highest BCUT2D eigenvalue weighted by molar-refractivity contribution is 5.80. The molecule has 0 aromatic rings. The van der Waals surface area contributed by atoms with Crippen molar-refractivity contribution in [1.29, 1.82) is 0 Å². The van der Waals surface area contributed by atoms with Crippen molar-refractivity contribution in [3.63, 3.8) is 0 Å². The van der Waals surface area contributed by atoms with Crippen molar-refractivity contribution < 1.29 is 0 Å².